The lowest BCUT2D eigenvalue weighted by Crippen LogP contribution is -2.33. The first-order chi connectivity index (χ1) is 5.74. The van der Waals surface area contributed by atoms with Gasteiger partial charge in [0, 0.05) is 19.6 Å². The Kier molecular flexibility index (Phi) is 7.05. The maximum absolute atomic E-state index is 8.74. The average molecular weight is 172 g/mol. The van der Waals surface area contributed by atoms with Crippen LogP contribution in [0.2, 0.25) is 0 Å². The van der Waals surface area contributed by atoms with Gasteiger partial charge in [0.15, 0.2) is 0 Å². The largest absolute Gasteiger partial charge is 0.395 e. The maximum Gasteiger partial charge on any atom is 0.0558 e. The predicted octanol–water partition coefficient (Wildman–Crippen LogP) is 0.0615. The van der Waals surface area contributed by atoms with Gasteiger partial charge in [-0.3, -0.25) is 4.90 Å². The van der Waals surface area contributed by atoms with Gasteiger partial charge in [0.2, 0.25) is 0 Å². The summed E-state index contributed by atoms with van der Waals surface area (Å²) in [6.45, 7) is 9.12. The van der Waals surface area contributed by atoms with E-state index in [1.54, 1.807) is 0 Å². The van der Waals surface area contributed by atoms with Crippen LogP contribution in [-0.2, 0) is 0 Å². The van der Waals surface area contributed by atoms with E-state index in [0.717, 1.165) is 13.1 Å². The van der Waals surface area contributed by atoms with Crippen molar-refractivity contribution in [2.75, 3.05) is 32.8 Å². The Morgan fingerprint density at radius 2 is 2.33 bits per heavy atom. The quantitative estimate of drug-likeness (QED) is 0.534. The van der Waals surface area contributed by atoms with Gasteiger partial charge in [-0.25, -0.2) is 0 Å². The highest BCUT2D eigenvalue weighted by atomic mass is 16.3. The van der Waals surface area contributed by atoms with Crippen molar-refractivity contribution in [3.05, 3.63) is 12.7 Å². The molecule has 1 unspecified atom stereocenters. The molecule has 3 N–H and O–H groups in total. The molecule has 0 fully saturated rings. The molecule has 3 heteroatoms. The molecule has 0 aliphatic rings. The summed E-state index contributed by atoms with van der Waals surface area (Å²) in [6, 6.07) is 0. The van der Waals surface area contributed by atoms with Gasteiger partial charge in [-0.05, 0) is 12.5 Å². The Morgan fingerprint density at radius 1 is 1.67 bits per heavy atom. The second-order valence-electron chi connectivity index (χ2n) is 3.11. The van der Waals surface area contributed by atoms with E-state index >= 15 is 0 Å². The summed E-state index contributed by atoms with van der Waals surface area (Å²) in [5, 5.41) is 8.74. The minimum Gasteiger partial charge on any atom is -0.395 e. The minimum absolute atomic E-state index is 0.200. The summed E-state index contributed by atoms with van der Waals surface area (Å²) in [7, 11) is 0. The van der Waals surface area contributed by atoms with Crippen LogP contribution in [0, 0.1) is 5.92 Å². The van der Waals surface area contributed by atoms with E-state index in [0.29, 0.717) is 19.0 Å². The van der Waals surface area contributed by atoms with Gasteiger partial charge in [-0.15, -0.1) is 6.58 Å². The summed E-state index contributed by atoms with van der Waals surface area (Å²) in [4.78, 5) is 2.14. The first-order valence-corrected chi connectivity index (χ1v) is 4.38. The molecule has 0 aromatic heterocycles. The van der Waals surface area contributed by atoms with Crippen LogP contribution in [0.4, 0.5) is 0 Å². The summed E-state index contributed by atoms with van der Waals surface area (Å²) >= 11 is 0. The van der Waals surface area contributed by atoms with Gasteiger partial charge in [0.25, 0.3) is 0 Å². The van der Waals surface area contributed by atoms with Crippen molar-refractivity contribution in [1.82, 2.24) is 4.90 Å². The number of aliphatic hydroxyl groups is 1. The normalized spacial score (nSPS) is 13.3. The van der Waals surface area contributed by atoms with Crippen LogP contribution in [-0.4, -0.2) is 42.8 Å². The molecule has 0 aromatic carbocycles. The highest BCUT2D eigenvalue weighted by molar-refractivity contribution is 4.74. The molecule has 0 aromatic rings. The fourth-order valence-electron chi connectivity index (χ4n) is 1.10. The predicted molar refractivity (Wildman–Crippen MR) is 51.9 cm³/mol. The lowest BCUT2D eigenvalue weighted by Gasteiger charge is -2.22. The molecule has 0 aliphatic heterocycles. The zero-order valence-electron chi connectivity index (χ0n) is 7.87. The fourth-order valence-corrected chi connectivity index (χ4v) is 1.10. The highest BCUT2D eigenvalue weighted by Crippen LogP contribution is 1.97. The van der Waals surface area contributed by atoms with Crippen LogP contribution in [0.1, 0.15) is 6.92 Å². The van der Waals surface area contributed by atoms with Crippen LogP contribution < -0.4 is 5.73 Å². The molecule has 0 bridgehead atoms. The maximum atomic E-state index is 8.74. The lowest BCUT2D eigenvalue weighted by atomic mass is 10.1. The molecule has 0 spiro atoms. The second kappa shape index (κ2) is 7.28. The molecule has 12 heavy (non-hydrogen) atoms. The van der Waals surface area contributed by atoms with Gasteiger partial charge in [-0.2, -0.15) is 0 Å². The summed E-state index contributed by atoms with van der Waals surface area (Å²) < 4.78 is 0. The van der Waals surface area contributed by atoms with Gasteiger partial charge in [0.05, 0.1) is 6.61 Å². The Bertz CT molecular complexity index is 117. The third-order valence-corrected chi connectivity index (χ3v) is 1.78. The van der Waals surface area contributed by atoms with Crippen LogP contribution in [0.25, 0.3) is 0 Å². The molecule has 0 saturated carbocycles. The van der Waals surface area contributed by atoms with Crippen molar-refractivity contribution in [1.29, 1.82) is 0 Å². The standard InChI is InChI=1S/C9H20N2O/c1-3-4-11(5-6-12)8-9(2)7-10/h3,9,12H,1,4-8,10H2,2H3. The van der Waals surface area contributed by atoms with E-state index in [1.807, 2.05) is 6.08 Å². The van der Waals surface area contributed by atoms with Gasteiger partial charge >= 0.3 is 0 Å². The van der Waals surface area contributed by atoms with Crippen LogP contribution in [0.15, 0.2) is 12.7 Å². The lowest BCUT2D eigenvalue weighted by molar-refractivity contribution is 0.193. The van der Waals surface area contributed by atoms with Gasteiger partial charge in [-0.1, -0.05) is 13.0 Å². The monoisotopic (exact) mass is 172 g/mol. The SMILES string of the molecule is C=CCN(CCO)CC(C)CN. The van der Waals surface area contributed by atoms with Crippen molar-refractivity contribution in [3.8, 4) is 0 Å². The molecule has 0 rings (SSSR count). The van der Waals surface area contributed by atoms with E-state index in [1.165, 1.54) is 0 Å². The topological polar surface area (TPSA) is 49.5 Å². The molecule has 0 amide bonds. The number of hydrogen-bond acceptors (Lipinski definition) is 3. The van der Waals surface area contributed by atoms with E-state index in [9.17, 15) is 0 Å². The molecule has 0 aliphatic carbocycles. The molecular weight excluding hydrogens is 152 g/mol. The molecule has 3 nitrogen and oxygen atoms in total. The highest BCUT2D eigenvalue weighted by Gasteiger charge is 2.06. The molecule has 0 heterocycles. The van der Waals surface area contributed by atoms with Crippen molar-refractivity contribution < 1.29 is 5.11 Å². The number of rotatable bonds is 7. The van der Waals surface area contributed by atoms with Crippen molar-refractivity contribution in [2.24, 2.45) is 11.7 Å². The second-order valence-corrected chi connectivity index (χ2v) is 3.11. The van der Waals surface area contributed by atoms with Crippen LogP contribution >= 0.6 is 0 Å². The summed E-state index contributed by atoms with van der Waals surface area (Å²) in [5.74, 6) is 0.483. The number of nitrogens with two attached hydrogens (primary N) is 1. The first kappa shape index (κ1) is 11.6. The molecular formula is C9H20N2O. The molecule has 1 atom stereocenters. The van der Waals surface area contributed by atoms with Crippen molar-refractivity contribution >= 4 is 0 Å². The Labute approximate surface area is 74.9 Å². The van der Waals surface area contributed by atoms with E-state index < -0.39 is 0 Å². The Morgan fingerprint density at radius 3 is 2.75 bits per heavy atom. The Hall–Kier alpha value is -0.380. The first-order valence-electron chi connectivity index (χ1n) is 4.38. The zero-order valence-corrected chi connectivity index (χ0v) is 7.87. The van der Waals surface area contributed by atoms with E-state index in [-0.39, 0.29) is 6.61 Å². The minimum atomic E-state index is 0.200. The van der Waals surface area contributed by atoms with E-state index in [4.69, 9.17) is 10.8 Å². The third kappa shape index (κ3) is 5.29. The molecule has 0 saturated heterocycles. The summed E-state index contributed by atoms with van der Waals surface area (Å²) in [5.41, 5.74) is 5.50. The van der Waals surface area contributed by atoms with Crippen molar-refractivity contribution in [2.45, 2.75) is 6.92 Å². The Balaban J connectivity index is 3.68. The fraction of sp³-hybridized carbons (Fsp3) is 0.778. The third-order valence-electron chi connectivity index (χ3n) is 1.78. The molecule has 72 valence electrons. The van der Waals surface area contributed by atoms with Crippen LogP contribution in [0.3, 0.4) is 0 Å². The zero-order chi connectivity index (χ0) is 9.40. The van der Waals surface area contributed by atoms with Crippen LogP contribution in [0.5, 0.6) is 0 Å². The number of nitrogens with zero attached hydrogens (tertiary/aromatic N) is 1. The number of aliphatic hydroxyl groups excluding tert-OH is 1. The van der Waals surface area contributed by atoms with E-state index in [2.05, 4.69) is 18.4 Å². The average Bonchev–Trinajstić information content (AvgIpc) is 2.05. The van der Waals surface area contributed by atoms with Crippen molar-refractivity contribution in [3.63, 3.8) is 0 Å². The summed E-state index contributed by atoms with van der Waals surface area (Å²) in [6.07, 6.45) is 1.85. The van der Waals surface area contributed by atoms with Gasteiger partial charge in [0.1, 0.15) is 0 Å². The number of hydrogen-bond donors (Lipinski definition) is 2. The van der Waals surface area contributed by atoms with Gasteiger partial charge < -0.3 is 10.8 Å². The smallest absolute Gasteiger partial charge is 0.0558 e. The molecule has 0 radical (unpaired) electrons.